The SMILES string of the molecule is CC12CCCCC1(C)N(c1nc(-c3cccc([Si](c4ccccc4)(c4ccccc4)c4ccccc4)c3)nc(-c3ccccc3N3c4ccccc4C4(C)CCCCC34C)n1)c1cnccc12. The van der Waals surface area contributed by atoms with E-state index in [2.05, 4.69) is 207 Å². The van der Waals surface area contributed by atoms with E-state index < -0.39 is 8.07 Å². The largest absolute Gasteiger partial charge is 0.334 e. The van der Waals surface area contributed by atoms with Crippen molar-refractivity contribution in [1.82, 2.24) is 19.9 Å². The van der Waals surface area contributed by atoms with Crippen molar-refractivity contribution in [3.05, 3.63) is 193 Å². The highest BCUT2D eigenvalue weighted by Gasteiger charge is 2.60. The van der Waals surface area contributed by atoms with Crippen LogP contribution in [0.4, 0.5) is 23.0 Å². The van der Waals surface area contributed by atoms with E-state index in [0.29, 0.717) is 17.6 Å². The Morgan fingerprint density at radius 1 is 0.433 bits per heavy atom. The average Bonchev–Trinajstić information content (AvgIpc) is 3.73. The first-order valence-corrected chi connectivity index (χ1v) is 26.5. The lowest BCUT2D eigenvalue weighted by Crippen LogP contribution is -2.74. The van der Waals surface area contributed by atoms with Crippen LogP contribution in [0.25, 0.3) is 22.8 Å². The molecule has 2 aliphatic carbocycles. The van der Waals surface area contributed by atoms with E-state index >= 15 is 0 Å². The molecule has 0 amide bonds. The van der Waals surface area contributed by atoms with Crippen LogP contribution < -0.4 is 30.5 Å². The third kappa shape index (κ3) is 5.99. The minimum Gasteiger partial charge on any atom is -0.334 e. The lowest BCUT2D eigenvalue weighted by atomic mass is 9.61. The molecule has 7 heteroatoms. The molecule has 4 unspecified atom stereocenters. The summed E-state index contributed by atoms with van der Waals surface area (Å²) in [5, 5.41) is 5.26. The molecular formula is C60H58N6Si. The van der Waals surface area contributed by atoms with Gasteiger partial charge in [0.15, 0.2) is 19.7 Å². The first-order valence-electron chi connectivity index (χ1n) is 24.5. The smallest absolute Gasteiger partial charge is 0.234 e. The lowest BCUT2D eigenvalue weighted by molar-refractivity contribution is 0.193. The maximum absolute atomic E-state index is 5.68. The van der Waals surface area contributed by atoms with Crippen LogP contribution in [0.15, 0.2) is 182 Å². The van der Waals surface area contributed by atoms with E-state index in [0.717, 1.165) is 54.6 Å². The molecule has 12 rings (SSSR count). The van der Waals surface area contributed by atoms with Crippen LogP contribution in [0, 0.1) is 0 Å². The number of hydrogen-bond donors (Lipinski definition) is 0. The van der Waals surface area contributed by atoms with Crippen molar-refractivity contribution in [2.24, 2.45) is 0 Å². The Labute approximate surface area is 396 Å². The summed E-state index contributed by atoms with van der Waals surface area (Å²) < 4.78 is 0. The second kappa shape index (κ2) is 15.7. The Bertz CT molecular complexity index is 3050. The first-order chi connectivity index (χ1) is 32.7. The standard InChI is InChI=1S/C60H58N6Si/c1-57-36-18-20-38-59(57,3)65(52-34-17-15-32-49(52)57)51-33-16-14-31-48(51)55-62-54(63-56(64-55)66-53-42-61-40-35-50(53)58(2)37-19-21-39-60(58,66)4)43-23-22-30-47(41-43)67(44-24-8-5-9-25-44,45-26-10-6-11-27-45)46-28-12-7-13-29-46/h5-17,22-35,40-42H,18-21,36-39H2,1-4H3. The molecule has 2 aromatic heterocycles. The highest BCUT2D eigenvalue weighted by Crippen LogP contribution is 2.62. The highest BCUT2D eigenvalue weighted by atomic mass is 28.3. The number of aromatic nitrogens is 4. The van der Waals surface area contributed by atoms with Crippen molar-refractivity contribution in [1.29, 1.82) is 0 Å². The molecule has 332 valence electrons. The van der Waals surface area contributed by atoms with E-state index in [1.54, 1.807) is 0 Å². The summed E-state index contributed by atoms with van der Waals surface area (Å²) >= 11 is 0. The summed E-state index contributed by atoms with van der Waals surface area (Å²) in [7, 11) is -2.86. The Morgan fingerprint density at radius 3 is 1.58 bits per heavy atom. The van der Waals surface area contributed by atoms with Crippen molar-refractivity contribution in [3.63, 3.8) is 0 Å². The molecule has 0 saturated heterocycles. The molecule has 2 fully saturated rings. The number of para-hydroxylation sites is 2. The van der Waals surface area contributed by atoms with Crippen LogP contribution in [-0.4, -0.2) is 39.1 Å². The van der Waals surface area contributed by atoms with E-state index in [9.17, 15) is 0 Å². The molecule has 4 heterocycles. The van der Waals surface area contributed by atoms with Gasteiger partial charge in [0.2, 0.25) is 5.95 Å². The number of benzene rings is 6. The van der Waals surface area contributed by atoms with Gasteiger partial charge in [0, 0.05) is 33.8 Å². The van der Waals surface area contributed by atoms with Gasteiger partial charge >= 0.3 is 0 Å². The fourth-order valence-corrected chi connectivity index (χ4v) is 18.3. The van der Waals surface area contributed by atoms with Crippen LogP contribution in [-0.2, 0) is 10.8 Å². The first kappa shape index (κ1) is 41.7. The number of rotatable bonds is 8. The van der Waals surface area contributed by atoms with E-state index in [4.69, 9.17) is 19.9 Å². The second-order valence-corrected chi connectivity index (χ2v) is 24.2. The maximum atomic E-state index is 5.68. The maximum Gasteiger partial charge on any atom is 0.234 e. The molecule has 8 aromatic rings. The third-order valence-corrected chi connectivity index (χ3v) is 22.1. The van der Waals surface area contributed by atoms with Gasteiger partial charge in [-0.1, -0.05) is 185 Å². The summed E-state index contributed by atoms with van der Waals surface area (Å²) in [4.78, 5) is 26.9. The molecule has 2 aliphatic heterocycles. The van der Waals surface area contributed by atoms with Crippen LogP contribution in [0.3, 0.4) is 0 Å². The van der Waals surface area contributed by atoms with Gasteiger partial charge in [-0.25, -0.2) is 4.98 Å². The Hall–Kier alpha value is -6.70. The molecular weight excluding hydrogens is 833 g/mol. The van der Waals surface area contributed by atoms with Crippen LogP contribution in [0.1, 0.15) is 90.2 Å². The number of pyridine rings is 1. The van der Waals surface area contributed by atoms with Crippen molar-refractivity contribution in [3.8, 4) is 22.8 Å². The van der Waals surface area contributed by atoms with E-state index in [1.807, 2.05) is 12.4 Å². The van der Waals surface area contributed by atoms with Crippen molar-refractivity contribution < 1.29 is 0 Å². The summed E-state index contributed by atoms with van der Waals surface area (Å²) in [6, 6.07) is 62.9. The Kier molecular flexibility index (Phi) is 9.77. The summed E-state index contributed by atoms with van der Waals surface area (Å²) in [6.07, 6.45) is 13.2. The van der Waals surface area contributed by atoms with E-state index in [1.165, 1.54) is 56.8 Å². The highest BCUT2D eigenvalue weighted by molar-refractivity contribution is 7.19. The van der Waals surface area contributed by atoms with Gasteiger partial charge in [-0.05, 0) is 95.7 Å². The zero-order valence-electron chi connectivity index (χ0n) is 39.2. The van der Waals surface area contributed by atoms with Gasteiger partial charge < -0.3 is 9.80 Å². The molecule has 2 saturated carbocycles. The van der Waals surface area contributed by atoms with E-state index in [-0.39, 0.29) is 21.9 Å². The normalized spacial score (nSPS) is 24.1. The fraction of sp³-hybridized carbons (Fsp3) is 0.267. The minimum absolute atomic E-state index is 0.00372. The molecule has 4 atom stereocenters. The topological polar surface area (TPSA) is 58.0 Å². The molecule has 0 N–H and O–H groups in total. The van der Waals surface area contributed by atoms with Crippen LogP contribution in [0.5, 0.6) is 0 Å². The second-order valence-electron chi connectivity index (χ2n) is 20.4. The average molecular weight is 891 g/mol. The van der Waals surface area contributed by atoms with Crippen molar-refractivity contribution in [2.45, 2.75) is 101 Å². The number of hydrogen-bond acceptors (Lipinski definition) is 6. The Morgan fingerprint density at radius 2 is 0.940 bits per heavy atom. The lowest BCUT2D eigenvalue weighted by Gasteiger charge is -2.50. The Balaban J connectivity index is 1.11. The molecule has 6 aromatic carbocycles. The van der Waals surface area contributed by atoms with Crippen LogP contribution in [0.2, 0.25) is 0 Å². The number of nitrogens with zero attached hydrogens (tertiary/aromatic N) is 6. The molecule has 0 bridgehead atoms. The predicted molar refractivity (Wildman–Crippen MR) is 278 cm³/mol. The summed E-state index contributed by atoms with van der Waals surface area (Å²) in [5.74, 6) is 2.03. The summed E-state index contributed by atoms with van der Waals surface area (Å²) in [6.45, 7) is 9.90. The minimum atomic E-state index is -2.86. The monoisotopic (exact) mass is 890 g/mol. The third-order valence-electron chi connectivity index (χ3n) is 17.3. The van der Waals surface area contributed by atoms with Gasteiger partial charge in [0.1, 0.15) is 0 Å². The van der Waals surface area contributed by atoms with Crippen LogP contribution >= 0.6 is 0 Å². The van der Waals surface area contributed by atoms with Gasteiger partial charge in [0.05, 0.1) is 28.6 Å². The molecule has 67 heavy (non-hydrogen) atoms. The number of fused-ring (bicyclic) bond motifs is 6. The fourth-order valence-electron chi connectivity index (χ4n) is 13.5. The van der Waals surface area contributed by atoms with Gasteiger partial charge in [-0.3, -0.25) is 4.98 Å². The van der Waals surface area contributed by atoms with Gasteiger partial charge in [-0.15, -0.1) is 0 Å². The quantitative estimate of drug-likeness (QED) is 0.112. The molecule has 0 radical (unpaired) electrons. The van der Waals surface area contributed by atoms with Gasteiger partial charge in [-0.2, -0.15) is 9.97 Å². The zero-order valence-corrected chi connectivity index (χ0v) is 40.2. The predicted octanol–water partition coefficient (Wildman–Crippen LogP) is 11.5. The zero-order chi connectivity index (χ0) is 45.4. The van der Waals surface area contributed by atoms with Gasteiger partial charge in [0.25, 0.3) is 0 Å². The number of anilines is 4. The summed E-state index contributed by atoms with van der Waals surface area (Å²) in [5.41, 5.74) is 7.79. The molecule has 6 nitrogen and oxygen atoms in total. The van der Waals surface area contributed by atoms with Crippen molar-refractivity contribution in [2.75, 3.05) is 9.80 Å². The molecule has 0 spiro atoms. The molecule has 4 aliphatic rings. The van der Waals surface area contributed by atoms with Crippen molar-refractivity contribution >= 4 is 51.8 Å².